The molecule has 0 unspecified atom stereocenters. The molecule has 0 radical (unpaired) electrons. The average molecular weight is 340 g/mol. The third-order valence-corrected chi connectivity index (χ3v) is 3.71. The summed E-state index contributed by atoms with van der Waals surface area (Å²) >= 11 is 0. The third-order valence-electron chi connectivity index (χ3n) is 3.71. The van der Waals surface area contributed by atoms with E-state index in [2.05, 4.69) is 4.98 Å². The molecule has 0 bridgehead atoms. The minimum absolute atomic E-state index is 0.166. The first kappa shape index (κ1) is 16.7. The van der Waals surface area contributed by atoms with Crippen LogP contribution in [0.3, 0.4) is 0 Å². The minimum Gasteiger partial charge on any atom is -0.496 e. The molecule has 0 saturated carbocycles. The van der Waals surface area contributed by atoms with Gasteiger partial charge in [0, 0.05) is 18.1 Å². The summed E-state index contributed by atoms with van der Waals surface area (Å²) in [5, 5.41) is 0. The van der Waals surface area contributed by atoms with Crippen molar-refractivity contribution < 1.29 is 18.7 Å². The zero-order valence-corrected chi connectivity index (χ0v) is 13.9. The number of aromatic nitrogens is 2. The van der Waals surface area contributed by atoms with Crippen molar-refractivity contribution in [3.63, 3.8) is 0 Å². The first-order valence-corrected chi connectivity index (χ1v) is 7.79. The van der Waals surface area contributed by atoms with Gasteiger partial charge in [-0.1, -0.05) is 18.2 Å². The molecule has 25 heavy (non-hydrogen) atoms. The summed E-state index contributed by atoms with van der Waals surface area (Å²) in [4.78, 5) is 16.1. The Morgan fingerprint density at radius 3 is 2.80 bits per heavy atom. The Labute approximate surface area is 144 Å². The maximum atomic E-state index is 14.3. The van der Waals surface area contributed by atoms with Gasteiger partial charge < -0.3 is 9.47 Å². The second-order valence-electron chi connectivity index (χ2n) is 5.21. The van der Waals surface area contributed by atoms with Crippen LogP contribution in [0.2, 0.25) is 0 Å². The highest BCUT2D eigenvalue weighted by molar-refractivity contribution is 5.86. The molecule has 0 spiro atoms. The predicted octanol–water partition coefficient (Wildman–Crippen LogP) is 3.86. The van der Waals surface area contributed by atoms with Gasteiger partial charge in [0.25, 0.3) is 0 Å². The van der Waals surface area contributed by atoms with Crippen LogP contribution in [0.15, 0.2) is 54.9 Å². The molecule has 0 aliphatic rings. The van der Waals surface area contributed by atoms with E-state index in [0.717, 1.165) is 0 Å². The lowest BCUT2D eigenvalue weighted by atomic mass is 10.0. The lowest BCUT2D eigenvalue weighted by Crippen LogP contribution is -2.12. The Balaban J connectivity index is 2.08. The van der Waals surface area contributed by atoms with Crippen molar-refractivity contribution in [3.8, 4) is 22.6 Å². The predicted molar refractivity (Wildman–Crippen MR) is 91.5 cm³/mol. The van der Waals surface area contributed by atoms with E-state index in [4.69, 9.17) is 9.47 Å². The van der Waals surface area contributed by atoms with Gasteiger partial charge in [0.15, 0.2) is 0 Å². The van der Waals surface area contributed by atoms with Crippen molar-refractivity contribution in [1.29, 1.82) is 0 Å². The molecule has 1 aromatic heterocycles. The fraction of sp³-hybridized carbons (Fsp3) is 0.158. The molecule has 0 fully saturated rings. The van der Waals surface area contributed by atoms with E-state index < -0.39 is 5.97 Å². The number of ether oxygens (including phenoxy) is 2. The number of halogens is 1. The molecule has 5 nitrogen and oxygen atoms in total. The van der Waals surface area contributed by atoms with E-state index in [1.54, 1.807) is 54.1 Å². The molecule has 1 heterocycles. The van der Waals surface area contributed by atoms with Gasteiger partial charge in [0.05, 0.1) is 19.3 Å². The molecule has 6 heteroatoms. The lowest BCUT2D eigenvalue weighted by molar-refractivity contribution is 0.0510. The van der Waals surface area contributed by atoms with Crippen molar-refractivity contribution >= 4 is 5.97 Å². The van der Waals surface area contributed by atoms with Crippen LogP contribution < -0.4 is 4.74 Å². The van der Waals surface area contributed by atoms with Gasteiger partial charge >= 0.3 is 5.97 Å². The van der Waals surface area contributed by atoms with Crippen molar-refractivity contribution in [2.45, 2.75) is 6.92 Å². The summed E-state index contributed by atoms with van der Waals surface area (Å²) in [5.74, 6) is -0.290. The zero-order chi connectivity index (χ0) is 17.8. The van der Waals surface area contributed by atoms with Crippen LogP contribution in [-0.2, 0) is 4.74 Å². The molecule has 3 aromatic rings. The Hall–Kier alpha value is -3.15. The number of rotatable bonds is 5. The molecular formula is C19H17FN2O3. The first-order valence-electron chi connectivity index (χ1n) is 7.79. The topological polar surface area (TPSA) is 53.3 Å². The lowest BCUT2D eigenvalue weighted by Gasteiger charge is -2.12. The number of nitrogens with zero attached hydrogens (tertiary/aromatic N) is 2. The van der Waals surface area contributed by atoms with Gasteiger partial charge in [0.2, 0.25) is 5.82 Å². The highest BCUT2D eigenvalue weighted by atomic mass is 19.1. The summed E-state index contributed by atoms with van der Waals surface area (Å²) in [7, 11) is 1.50. The third kappa shape index (κ3) is 3.24. The van der Waals surface area contributed by atoms with E-state index >= 15 is 0 Å². The van der Waals surface area contributed by atoms with Gasteiger partial charge in [-0.3, -0.25) is 4.57 Å². The molecule has 0 saturated heterocycles. The summed E-state index contributed by atoms with van der Waals surface area (Å²) < 4.78 is 26.2. The Morgan fingerprint density at radius 1 is 1.24 bits per heavy atom. The molecule has 2 aromatic carbocycles. The fourth-order valence-corrected chi connectivity index (χ4v) is 2.62. The number of carbonyl (C=O) groups excluding carboxylic acids is 1. The van der Waals surface area contributed by atoms with E-state index in [9.17, 15) is 9.18 Å². The molecule has 0 atom stereocenters. The second kappa shape index (κ2) is 7.17. The zero-order valence-electron chi connectivity index (χ0n) is 13.9. The minimum atomic E-state index is -0.513. The van der Waals surface area contributed by atoms with E-state index in [-0.39, 0.29) is 18.2 Å². The van der Waals surface area contributed by atoms with Crippen LogP contribution >= 0.6 is 0 Å². The smallest absolute Gasteiger partial charge is 0.374 e. The number of imidazole rings is 1. The number of benzene rings is 2. The van der Waals surface area contributed by atoms with Crippen LogP contribution in [0, 0.1) is 5.82 Å². The molecule has 0 aliphatic heterocycles. The number of hydrogen-bond acceptors (Lipinski definition) is 4. The molecule has 0 N–H and O–H groups in total. The molecule has 3 rings (SSSR count). The highest BCUT2D eigenvalue weighted by Crippen LogP contribution is 2.33. The second-order valence-corrected chi connectivity index (χ2v) is 5.21. The summed E-state index contributed by atoms with van der Waals surface area (Å²) in [6.07, 6.45) is 3.17. The largest absolute Gasteiger partial charge is 0.496 e. The van der Waals surface area contributed by atoms with Gasteiger partial charge in [0.1, 0.15) is 11.6 Å². The van der Waals surface area contributed by atoms with Crippen molar-refractivity contribution in [2.75, 3.05) is 13.7 Å². The van der Waals surface area contributed by atoms with Crippen LogP contribution in [0.4, 0.5) is 4.39 Å². The Kier molecular flexibility index (Phi) is 4.79. The van der Waals surface area contributed by atoms with E-state index in [0.29, 0.717) is 22.6 Å². The summed E-state index contributed by atoms with van der Waals surface area (Å²) in [6, 6.07) is 11.8. The first-order chi connectivity index (χ1) is 12.2. The fourth-order valence-electron chi connectivity index (χ4n) is 2.62. The number of methoxy groups -OCH3 is 1. The number of hydrogen-bond donors (Lipinski definition) is 0. The van der Waals surface area contributed by atoms with E-state index in [1.165, 1.54) is 19.4 Å². The number of esters is 1. The monoisotopic (exact) mass is 340 g/mol. The molecule has 0 aliphatic carbocycles. The van der Waals surface area contributed by atoms with Crippen molar-refractivity contribution in [3.05, 3.63) is 66.5 Å². The highest BCUT2D eigenvalue weighted by Gasteiger charge is 2.17. The van der Waals surface area contributed by atoms with Crippen LogP contribution in [0.5, 0.6) is 5.75 Å². The van der Waals surface area contributed by atoms with Crippen molar-refractivity contribution in [1.82, 2.24) is 9.55 Å². The van der Waals surface area contributed by atoms with E-state index in [1.807, 2.05) is 0 Å². The standard InChI is InChI=1S/C19H17FN2O3/c1-3-25-19(23)18-21-10-11-22(18)14-7-4-6-13(12-14)17-15(20)8-5-9-16(17)24-2/h4-12H,3H2,1-2H3. The normalized spacial score (nSPS) is 10.5. The summed E-state index contributed by atoms with van der Waals surface area (Å²) in [6.45, 7) is 1.99. The maximum absolute atomic E-state index is 14.3. The van der Waals surface area contributed by atoms with Crippen LogP contribution in [-0.4, -0.2) is 29.2 Å². The quantitative estimate of drug-likeness (QED) is 0.662. The Bertz CT molecular complexity index is 905. The van der Waals surface area contributed by atoms with Gasteiger partial charge in [-0.25, -0.2) is 14.2 Å². The van der Waals surface area contributed by atoms with Crippen LogP contribution in [0.25, 0.3) is 16.8 Å². The molecular weight excluding hydrogens is 323 g/mol. The van der Waals surface area contributed by atoms with Crippen LogP contribution in [0.1, 0.15) is 17.5 Å². The van der Waals surface area contributed by atoms with Gasteiger partial charge in [-0.15, -0.1) is 0 Å². The Morgan fingerprint density at radius 2 is 2.04 bits per heavy atom. The molecule has 128 valence electrons. The van der Waals surface area contributed by atoms with Gasteiger partial charge in [-0.05, 0) is 36.8 Å². The van der Waals surface area contributed by atoms with Gasteiger partial charge in [-0.2, -0.15) is 0 Å². The SMILES string of the molecule is CCOC(=O)c1nccn1-c1cccc(-c2c(F)cccc2OC)c1. The average Bonchev–Trinajstić information content (AvgIpc) is 3.11. The summed E-state index contributed by atoms with van der Waals surface area (Å²) in [5.41, 5.74) is 1.67. The number of carbonyl (C=O) groups is 1. The van der Waals surface area contributed by atoms with Crippen molar-refractivity contribution in [2.24, 2.45) is 0 Å². The molecule has 0 amide bonds. The maximum Gasteiger partial charge on any atom is 0.374 e.